The van der Waals surface area contributed by atoms with Gasteiger partial charge in [0.1, 0.15) is 6.26 Å². The van der Waals surface area contributed by atoms with Gasteiger partial charge in [-0.05, 0) is 18.1 Å². The van der Waals surface area contributed by atoms with E-state index in [2.05, 4.69) is 5.32 Å². The summed E-state index contributed by atoms with van der Waals surface area (Å²) in [5.74, 6) is -0.191. The average Bonchev–Trinajstić information content (AvgIpc) is 2.93. The summed E-state index contributed by atoms with van der Waals surface area (Å²) in [5.41, 5.74) is 1.35. The van der Waals surface area contributed by atoms with Crippen molar-refractivity contribution in [3.05, 3.63) is 60.1 Å². The van der Waals surface area contributed by atoms with Crippen LogP contribution in [0.25, 0.3) is 0 Å². The largest absolute Gasteiger partial charge is 0.472 e. The third-order valence-corrected chi connectivity index (χ3v) is 2.67. The monoisotopic (exact) mass is 245 g/mol. The lowest BCUT2D eigenvalue weighted by molar-refractivity contribution is 0.0942. The maximum atomic E-state index is 11.6. The minimum absolute atomic E-state index is 0.191. The van der Waals surface area contributed by atoms with Crippen molar-refractivity contribution >= 4 is 5.91 Å². The fourth-order valence-corrected chi connectivity index (χ4v) is 1.66. The SMILES string of the molecule is O=C(NCCC(O)c1ccccc1)c1ccoc1. The van der Waals surface area contributed by atoms with E-state index in [1.807, 2.05) is 30.3 Å². The summed E-state index contributed by atoms with van der Waals surface area (Å²) in [5, 5.41) is 12.6. The number of furan rings is 1. The normalized spacial score (nSPS) is 12.1. The van der Waals surface area contributed by atoms with E-state index in [0.29, 0.717) is 18.5 Å². The molecule has 1 aromatic carbocycles. The van der Waals surface area contributed by atoms with Gasteiger partial charge in [0.15, 0.2) is 0 Å². The minimum Gasteiger partial charge on any atom is -0.472 e. The van der Waals surface area contributed by atoms with Gasteiger partial charge in [0.25, 0.3) is 5.91 Å². The van der Waals surface area contributed by atoms with E-state index in [0.717, 1.165) is 5.56 Å². The van der Waals surface area contributed by atoms with Gasteiger partial charge in [-0.25, -0.2) is 0 Å². The first-order valence-corrected chi connectivity index (χ1v) is 5.81. The van der Waals surface area contributed by atoms with Crippen molar-refractivity contribution in [1.82, 2.24) is 5.32 Å². The Morgan fingerprint density at radius 2 is 2.06 bits per heavy atom. The molecule has 1 amide bonds. The van der Waals surface area contributed by atoms with Crippen molar-refractivity contribution in [2.45, 2.75) is 12.5 Å². The van der Waals surface area contributed by atoms with Gasteiger partial charge in [-0.15, -0.1) is 0 Å². The van der Waals surface area contributed by atoms with Gasteiger partial charge >= 0.3 is 0 Å². The molecule has 1 aromatic heterocycles. The zero-order valence-electron chi connectivity index (χ0n) is 9.87. The lowest BCUT2D eigenvalue weighted by atomic mass is 10.1. The van der Waals surface area contributed by atoms with Crippen LogP contribution in [0.4, 0.5) is 0 Å². The van der Waals surface area contributed by atoms with E-state index in [1.165, 1.54) is 12.5 Å². The summed E-state index contributed by atoms with van der Waals surface area (Å²) in [4.78, 5) is 11.6. The number of amides is 1. The fourth-order valence-electron chi connectivity index (χ4n) is 1.66. The number of nitrogens with one attached hydrogen (secondary N) is 1. The molecule has 0 aliphatic carbocycles. The van der Waals surface area contributed by atoms with Crippen molar-refractivity contribution in [2.24, 2.45) is 0 Å². The lowest BCUT2D eigenvalue weighted by Gasteiger charge is -2.11. The third-order valence-electron chi connectivity index (χ3n) is 2.67. The first kappa shape index (κ1) is 12.4. The first-order chi connectivity index (χ1) is 8.77. The molecule has 0 radical (unpaired) electrons. The van der Waals surface area contributed by atoms with Crippen LogP contribution in [0.5, 0.6) is 0 Å². The topological polar surface area (TPSA) is 62.5 Å². The number of hydrogen-bond acceptors (Lipinski definition) is 3. The molecule has 0 saturated heterocycles. The van der Waals surface area contributed by atoms with Crippen LogP contribution in [0.2, 0.25) is 0 Å². The zero-order valence-corrected chi connectivity index (χ0v) is 9.87. The molecule has 0 aliphatic rings. The van der Waals surface area contributed by atoms with Gasteiger partial charge in [0.2, 0.25) is 0 Å². The number of carbonyl (C=O) groups is 1. The van der Waals surface area contributed by atoms with E-state index < -0.39 is 6.10 Å². The lowest BCUT2D eigenvalue weighted by Crippen LogP contribution is -2.25. The molecule has 1 atom stereocenters. The maximum Gasteiger partial charge on any atom is 0.254 e. The van der Waals surface area contributed by atoms with Crippen LogP contribution < -0.4 is 5.32 Å². The molecule has 0 spiro atoms. The van der Waals surface area contributed by atoms with Crippen LogP contribution in [0.3, 0.4) is 0 Å². The molecule has 0 fully saturated rings. The second-order valence-electron chi connectivity index (χ2n) is 3.98. The van der Waals surface area contributed by atoms with Crippen LogP contribution in [0.1, 0.15) is 28.4 Å². The molecule has 18 heavy (non-hydrogen) atoms. The van der Waals surface area contributed by atoms with E-state index >= 15 is 0 Å². The summed E-state index contributed by atoms with van der Waals surface area (Å²) < 4.78 is 4.82. The van der Waals surface area contributed by atoms with Gasteiger partial charge < -0.3 is 14.8 Å². The maximum absolute atomic E-state index is 11.6. The van der Waals surface area contributed by atoms with Crippen LogP contribution in [0.15, 0.2) is 53.3 Å². The van der Waals surface area contributed by atoms with Gasteiger partial charge in [0.05, 0.1) is 17.9 Å². The Labute approximate surface area is 105 Å². The zero-order chi connectivity index (χ0) is 12.8. The summed E-state index contributed by atoms with van der Waals surface area (Å²) >= 11 is 0. The van der Waals surface area contributed by atoms with Crippen molar-refractivity contribution in [2.75, 3.05) is 6.54 Å². The highest BCUT2D eigenvalue weighted by Gasteiger charge is 2.09. The molecule has 1 heterocycles. The number of rotatable bonds is 5. The van der Waals surface area contributed by atoms with Crippen LogP contribution >= 0.6 is 0 Å². The highest BCUT2D eigenvalue weighted by atomic mass is 16.3. The third kappa shape index (κ3) is 3.21. The molecular formula is C14H15NO3. The van der Waals surface area contributed by atoms with Gasteiger partial charge in [-0.2, -0.15) is 0 Å². The molecule has 94 valence electrons. The standard InChI is InChI=1S/C14H15NO3/c16-13(11-4-2-1-3-5-11)6-8-15-14(17)12-7-9-18-10-12/h1-5,7,9-10,13,16H,6,8H2,(H,15,17). The summed E-state index contributed by atoms with van der Waals surface area (Å²) in [7, 11) is 0. The highest BCUT2D eigenvalue weighted by Crippen LogP contribution is 2.14. The quantitative estimate of drug-likeness (QED) is 0.848. The fraction of sp³-hybridized carbons (Fsp3) is 0.214. The molecule has 0 aliphatic heterocycles. The van der Waals surface area contributed by atoms with E-state index in [9.17, 15) is 9.90 Å². The second kappa shape index (κ2) is 6.02. The number of aliphatic hydroxyl groups is 1. The molecule has 0 saturated carbocycles. The van der Waals surface area contributed by atoms with Crippen LogP contribution in [-0.4, -0.2) is 17.6 Å². The Kier molecular flexibility index (Phi) is 4.15. The molecule has 2 rings (SSSR count). The molecule has 2 aromatic rings. The van der Waals surface area contributed by atoms with E-state index in [1.54, 1.807) is 6.07 Å². The van der Waals surface area contributed by atoms with Gasteiger partial charge in [0, 0.05) is 6.54 Å². The molecule has 0 bridgehead atoms. The summed E-state index contributed by atoms with van der Waals surface area (Å²) in [6.07, 6.45) is 2.76. The smallest absolute Gasteiger partial charge is 0.254 e. The molecule has 4 heteroatoms. The summed E-state index contributed by atoms with van der Waals surface area (Å²) in [6.45, 7) is 0.417. The molecule has 1 unspecified atom stereocenters. The van der Waals surface area contributed by atoms with Crippen molar-refractivity contribution in [3.63, 3.8) is 0 Å². The van der Waals surface area contributed by atoms with Crippen molar-refractivity contribution in [1.29, 1.82) is 0 Å². The molecule has 4 nitrogen and oxygen atoms in total. The number of aliphatic hydroxyl groups excluding tert-OH is 1. The van der Waals surface area contributed by atoms with Crippen LogP contribution in [0, 0.1) is 0 Å². The van der Waals surface area contributed by atoms with Crippen molar-refractivity contribution < 1.29 is 14.3 Å². The molecule has 2 N–H and O–H groups in total. The Balaban J connectivity index is 1.77. The first-order valence-electron chi connectivity index (χ1n) is 5.81. The Morgan fingerprint density at radius 1 is 1.28 bits per heavy atom. The summed E-state index contributed by atoms with van der Waals surface area (Å²) in [6, 6.07) is 11.0. The van der Waals surface area contributed by atoms with Crippen LogP contribution in [-0.2, 0) is 0 Å². The van der Waals surface area contributed by atoms with E-state index in [4.69, 9.17) is 4.42 Å². The minimum atomic E-state index is -0.559. The second-order valence-corrected chi connectivity index (χ2v) is 3.98. The highest BCUT2D eigenvalue weighted by molar-refractivity contribution is 5.93. The average molecular weight is 245 g/mol. The Morgan fingerprint density at radius 3 is 2.72 bits per heavy atom. The molecular weight excluding hydrogens is 230 g/mol. The Hall–Kier alpha value is -2.07. The number of hydrogen-bond donors (Lipinski definition) is 2. The van der Waals surface area contributed by atoms with Gasteiger partial charge in [-0.1, -0.05) is 30.3 Å². The number of carbonyl (C=O) groups excluding carboxylic acids is 1. The predicted octanol–water partition coefficient (Wildman–Crippen LogP) is 2.13. The van der Waals surface area contributed by atoms with Crippen molar-refractivity contribution in [3.8, 4) is 0 Å². The van der Waals surface area contributed by atoms with E-state index in [-0.39, 0.29) is 5.91 Å². The Bertz CT molecular complexity index is 479. The van der Waals surface area contributed by atoms with Gasteiger partial charge in [-0.3, -0.25) is 4.79 Å². The predicted molar refractivity (Wildman–Crippen MR) is 67.1 cm³/mol. The number of benzene rings is 1.